The summed E-state index contributed by atoms with van der Waals surface area (Å²) in [6.45, 7) is 5.85. The van der Waals surface area contributed by atoms with Gasteiger partial charge in [0.15, 0.2) is 0 Å². The van der Waals surface area contributed by atoms with E-state index in [1.807, 2.05) is 45.0 Å². The lowest BCUT2D eigenvalue weighted by molar-refractivity contribution is -0.119. The lowest BCUT2D eigenvalue weighted by Gasteiger charge is -2.12. The number of amides is 1. The number of anilines is 3. The predicted molar refractivity (Wildman–Crippen MR) is 86.5 cm³/mol. The SMILES string of the molecule is COCC(=O)Nc1ccc(Nc2nc(C)nc(C)c2C)cc1. The van der Waals surface area contributed by atoms with Crippen molar-refractivity contribution in [3.05, 3.63) is 41.3 Å². The smallest absolute Gasteiger partial charge is 0.250 e. The predicted octanol–water partition coefficient (Wildman–Crippen LogP) is 2.73. The molecule has 2 N–H and O–H groups in total. The quantitative estimate of drug-likeness (QED) is 0.888. The number of hydrogen-bond donors (Lipinski definition) is 2. The summed E-state index contributed by atoms with van der Waals surface area (Å²) in [6, 6.07) is 7.42. The van der Waals surface area contributed by atoms with E-state index in [4.69, 9.17) is 4.74 Å². The molecule has 0 fully saturated rings. The van der Waals surface area contributed by atoms with Crippen LogP contribution in [0.25, 0.3) is 0 Å². The molecule has 0 aliphatic heterocycles. The molecule has 6 nitrogen and oxygen atoms in total. The minimum Gasteiger partial charge on any atom is -0.375 e. The van der Waals surface area contributed by atoms with Crippen LogP contribution in [0.2, 0.25) is 0 Å². The third-order valence-electron chi connectivity index (χ3n) is 3.21. The number of rotatable bonds is 5. The van der Waals surface area contributed by atoms with Crippen molar-refractivity contribution in [1.29, 1.82) is 0 Å². The van der Waals surface area contributed by atoms with E-state index in [2.05, 4.69) is 20.6 Å². The molecule has 0 unspecified atom stereocenters. The van der Waals surface area contributed by atoms with Gasteiger partial charge in [-0.15, -0.1) is 0 Å². The fourth-order valence-corrected chi connectivity index (χ4v) is 1.99. The van der Waals surface area contributed by atoms with E-state index in [1.165, 1.54) is 7.11 Å². The standard InChI is InChI=1S/C16H20N4O2/c1-10-11(2)17-12(3)18-16(10)20-14-7-5-13(6-8-14)19-15(21)9-22-4/h5-8H,9H2,1-4H3,(H,19,21)(H,17,18,20). The zero-order valence-electron chi connectivity index (χ0n) is 13.2. The molecule has 0 radical (unpaired) electrons. The molecule has 0 bridgehead atoms. The van der Waals surface area contributed by atoms with Crippen molar-refractivity contribution in [2.24, 2.45) is 0 Å². The molecular weight excluding hydrogens is 280 g/mol. The first-order valence-corrected chi connectivity index (χ1v) is 6.97. The lowest BCUT2D eigenvalue weighted by atomic mass is 10.2. The first-order chi connectivity index (χ1) is 10.5. The second kappa shape index (κ2) is 7.00. The monoisotopic (exact) mass is 300 g/mol. The highest BCUT2D eigenvalue weighted by Crippen LogP contribution is 2.21. The molecule has 0 atom stereocenters. The number of carbonyl (C=O) groups excluding carboxylic acids is 1. The highest BCUT2D eigenvalue weighted by Gasteiger charge is 2.06. The van der Waals surface area contributed by atoms with Gasteiger partial charge >= 0.3 is 0 Å². The maximum Gasteiger partial charge on any atom is 0.250 e. The molecule has 1 amide bonds. The van der Waals surface area contributed by atoms with E-state index < -0.39 is 0 Å². The van der Waals surface area contributed by atoms with Crippen LogP contribution in [0.15, 0.2) is 24.3 Å². The first-order valence-electron chi connectivity index (χ1n) is 6.97. The molecule has 1 heterocycles. The van der Waals surface area contributed by atoms with Crippen LogP contribution in [0, 0.1) is 20.8 Å². The number of benzene rings is 1. The zero-order valence-corrected chi connectivity index (χ0v) is 13.2. The molecule has 0 spiro atoms. The van der Waals surface area contributed by atoms with Crippen LogP contribution >= 0.6 is 0 Å². The van der Waals surface area contributed by atoms with Gasteiger partial charge in [0.05, 0.1) is 0 Å². The number of carbonyl (C=O) groups is 1. The van der Waals surface area contributed by atoms with Crippen LogP contribution in [0.4, 0.5) is 17.2 Å². The van der Waals surface area contributed by atoms with Gasteiger partial charge in [-0.05, 0) is 45.0 Å². The second-order valence-corrected chi connectivity index (χ2v) is 5.01. The fraction of sp³-hybridized carbons (Fsp3) is 0.312. The Kier molecular flexibility index (Phi) is 5.06. The summed E-state index contributed by atoms with van der Waals surface area (Å²) in [5.41, 5.74) is 3.59. The summed E-state index contributed by atoms with van der Waals surface area (Å²) in [5.74, 6) is 1.34. The van der Waals surface area contributed by atoms with E-state index in [0.717, 1.165) is 34.3 Å². The maximum atomic E-state index is 11.4. The van der Waals surface area contributed by atoms with E-state index in [-0.39, 0.29) is 12.5 Å². The summed E-state index contributed by atoms with van der Waals surface area (Å²) in [6.07, 6.45) is 0. The highest BCUT2D eigenvalue weighted by molar-refractivity contribution is 5.91. The largest absolute Gasteiger partial charge is 0.375 e. The highest BCUT2D eigenvalue weighted by atomic mass is 16.5. The van der Waals surface area contributed by atoms with Crippen molar-refractivity contribution in [2.75, 3.05) is 24.4 Å². The van der Waals surface area contributed by atoms with Gasteiger partial charge in [0.1, 0.15) is 18.2 Å². The molecule has 0 saturated heterocycles. The van der Waals surface area contributed by atoms with Crippen LogP contribution < -0.4 is 10.6 Å². The van der Waals surface area contributed by atoms with Gasteiger partial charge < -0.3 is 15.4 Å². The number of nitrogens with zero attached hydrogens (tertiary/aromatic N) is 2. The molecule has 116 valence electrons. The number of methoxy groups -OCH3 is 1. The summed E-state index contributed by atoms with van der Waals surface area (Å²) in [4.78, 5) is 20.2. The average Bonchev–Trinajstić information content (AvgIpc) is 2.46. The summed E-state index contributed by atoms with van der Waals surface area (Å²) >= 11 is 0. The van der Waals surface area contributed by atoms with Gasteiger partial charge in [-0.2, -0.15) is 0 Å². The van der Waals surface area contributed by atoms with E-state index in [1.54, 1.807) is 0 Å². The minimum absolute atomic E-state index is 0.0404. The van der Waals surface area contributed by atoms with Gasteiger partial charge in [0, 0.05) is 29.7 Å². The molecule has 0 saturated carbocycles. The molecule has 0 aliphatic carbocycles. The van der Waals surface area contributed by atoms with Crippen molar-refractivity contribution in [1.82, 2.24) is 9.97 Å². The first kappa shape index (κ1) is 15.9. The Balaban J connectivity index is 2.10. The Labute approximate surface area is 129 Å². The van der Waals surface area contributed by atoms with Crippen LogP contribution in [-0.2, 0) is 9.53 Å². The van der Waals surface area contributed by atoms with Gasteiger partial charge in [0.25, 0.3) is 0 Å². The summed E-state index contributed by atoms with van der Waals surface area (Å²) in [5, 5.41) is 6.02. The molecule has 6 heteroatoms. The molecule has 0 aliphatic rings. The summed E-state index contributed by atoms with van der Waals surface area (Å²) < 4.78 is 4.78. The van der Waals surface area contributed by atoms with Crippen molar-refractivity contribution < 1.29 is 9.53 Å². The number of ether oxygens (including phenoxy) is 1. The Bertz CT molecular complexity index is 669. The Morgan fingerprint density at radius 2 is 1.73 bits per heavy atom. The van der Waals surface area contributed by atoms with Crippen molar-refractivity contribution in [3.63, 3.8) is 0 Å². The maximum absolute atomic E-state index is 11.4. The number of aromatic nitrogens is 2. The molecular formula is C16H20N4O2. The third-order valence-corrected chi connectivity index (χ3v) is 3.21. The van der Waals surface area contributed by atoms with Gasteiger partial charge in [-0.25, -0.2) is 9.97 Å². The third kappa shape index (κ3) is 4.02. The van der Waals surface area contributed by atoms with Crippen LogP contribution in [-0.4, -0.2) is 29.6 Å². The van der Waals surface area contributed by atoms with E-state index >= 15 is 0 Å². The Morgan fingerprint density at radius 3 is 2.36 bits per heavy atom. The topological polar surface area (TPSA) is 76.1 Å². The number of nitrogens with one attached hydrogen (secondary N) is 2. The van der Waals surface area contributed by atoms with Crippen molar-refractivity contribution in [3.8, 4) is 0 Å². The Hall–Kier alpha value is -2.47. The second-order valence-electron chi connectivity index (χ2n) is 5.01. The van der Waals surface area contributed by atoms with Crippen LogP contribution in [0.1, 0.15) is 17.1 Å². The fourth-order valence-electron chi connectivity index (χ4n) is 1.99. The van der Waals surface area contributed by atoms with Gasteiger partial charge in [0.2, 0.25) is 5.91 Å². The lowest BCUT2D eigenvalue weighted by Crippen LogP contribution is -2.16. The van der Waals surface area contributed by atoms with Crippen LogP contribution in [0.3, 0.4) is 0 Å². The number of aryl methyl sites for hydroxylation is 2. The molecule has 22 heavy (non-hydrogen) atoms. The van der Waals surface area contributed by atoms with E-state index in [9.17, 15) is 4.79 Å². The van der Waals surface area contributed by atoms with Crippen molar-refractivity contribution in [2.45, 2.75) is 20.8 Å². The normalized spacial score (nSPS) is 10.4. The van der Waals surface area contributed by atoms with Crippen LogP contribution in [0.5, 0.6) is 0 Å². The van der Waals surface area contributed by atoms with Gasteiger partial charge in [-0.3, -0.25) is 4.79 Å². The molecule has 1 aromatic heterocycles. The molecule has 1 aromatic carbocycles. The van der Waals surface area contributed by atoms with E-state index in [0.29, 0.717) is 0 Å². The summed E-state index contributed by atoms with van der Waals surface area (Å²) in [7, 11) is 1.49. The van der Waals surface area contributed by atoms with Gasteiger partial charge in [-0.1, -0.05) is 0 Å². The average molecular weight is 300 g/mol. The minimum atomic E-state index is -0.180. The Morgan fingerprint density at radius 1 is 1.09 bits per heavy atom. The molecule has 2 rings (SSSR count). The van der Waals surface area contributed by atoms with Crippen molar-refractivity contribution >= 4 is 23.1 Å². The molecule has 2 aromatic rings. The zero-order chi connectivity index (χ0) is 16.1. The number of hydrogen-bond acceptors (Lipinski definition) is 5.